The predicted molar refractivity (Wildman–Crippen MR) is 90.1 cm³/mol. The van der Waals surface area contributed by atoms with E-state index in [0.29, 0.717) is 12.1 Å². The molecule has 1 aliphatic heterocycles. The number of benzene rings is 1. The number of hydrogen-bond acceptors (Lipinski definition) is 4. The summed E-state index contributed by atoms with van der Waals surface area (Å²) < 4.78 is 1.98. The van der Waals surface area contributed by atoms with Crippen LogP contribution in [0.5, 0.6) is 0 Å². The third kappa shape index (κ3) is 3.17. The summed E-state index contributed by atoms with van der Waals surface area (Å²) in [6.07, 6.45) is 6.19. The first-order valence-corrected chi connectivity index (χ1v) is 8.04. The molecule has 0 saturated heterocycles. The van der Waals surface area contributed by atoms with Gasteiger partial charge in [-0.3, -0.25) is 4.79 Å². The van der Waals surface area contributed by atoms with Gasteiger partial charge in [0.25, 0.3) is 5.91 Å². The summed E-state index contributed by atoms with van der Waals surface area (Å²) >= 11 is 0. The minimum absolute atomic E-state index is 0.0430. The third-order valence-corrected chi connectivity index (χ3v) is 4.21. The number of hydrogen-bond donors (Lipinski definition) is 0. The highest BCUT2D eigenvalue weighted by Crippen LogP contribution is 2.34. The molecule has 1 aromatic heterocycles. The first kappa shape index (κ1) is 16.2. The molecule has 0 saturated carbocycles. The van der Waals surface area contributed by atoms with E-state index in [4.69, 9.17) is 0 Å². The monoisotopic (exact) mass is 323 g/mol. The molecule has 1 atom stereocenters. The Hall–Kier alpha value is -2.65. The van der Waals surface area contributed by atoms with Gasteiger partial charge in [0.15, 0.2) is 0 Å². The third-order valence-electron chi connectivity index (χ3n) is 4.21. The Bertz CT molecular complexity index is 760. The van der Waals surface area contributed by atoms with Crippen LogP contribution in [-0.2, 0) is 13.1 Å². The van der Waals surface area contributed by atoms with E-state index in [9.17, 15) is 10.1 Å². The largest absolute Gasteiger partial charge is 0.337 e. The van der Waals surface area contributed by atoms with E-state index in [2.05, 4.69) is 16.0 Å². The maximum absolute atomic E-state index is 12.6. The summed E-state index contributed by atoms with van der Waals surface area (Å²) in [6.45, 7) is 2.14. The first-order valence-electron chi connectivity index (χ1n) is 8.04. The van der Waals surface area contributed by atoms with Crippen LogP contribution < -0.4 is 0 Å². The van der Waals surface area contributed by atoms with Crippen molar-refractivity contribution in [3.05, 3.63) is 53.6 Å². The van der Waals surface area contributed by atoms with Crippen molar-refractivity contribution in [2.75, 3.05) is 20.6 Å². The molecule has 3 rings (SSSR count). The lowest BCUT2D eigenvalue weighted by molar-refractivity contribution is 0.0753. The lowest BCUT2D eigenvalue weighted by Crippen LogP contribution is -2.29. The minimum atomic E-state index is -0.489. The second-order valence-electron chi connectivity index (χ2n) is 6.34. The molecule has 1 amide bonds. The second-order valence-corrected chi connectivity index (χ2v) is 6.34. The molecule has 2 aromatic rings. The molecule has 0 spiro atoms. The number of aryl methyl sites for hydroxylation is 1. The zero-order chi connectivity index (χ0) is 17.1. The number of aromatic nitrogens is 2. The van der Waals surface area contributed by atoms with Gasteiger partial charge in [-0.1, -0.05) is 12.1 Å². The van der Waals surface area contributed by atoms with Gasteiger partial charge in [-0.15, -0.1) is 0 Å². The standard InChI is InChI=1S/C18H21N5O/c1-21(2)12-14-4-5-15-16(10-14)17(11-19)23(18(15)24)8-3-7-22-9-6-20-13-22/h4-6,9-10,13,17H,3,7-8,12H2,1-2H3. The highest BCUT2D eigenvalue weighted by atomic mass is 16.2. The Morgan fingerprint density at radius 3 is 2.83 bits per heavy atom. The SMILES string of the molecule is CN(C)Cc1ccc2c(c1)C(C#N)N(CCCn1ccnc1)C2=O. The highest BCUT2D eigenvalue weighted by Gasteiger charge is 2.36. The fourth-order valence-corrected chi connectivity index (χ4v) is 3.15. The van der Waals surface area contributed by atoms with Crippen LogP contribution in [0.2, 0.25) is 0 Å². The molecule has 0 bridgehead atoms. The van der Waals surface area contributed by atoms with Crippen LogP contribution in [0.15, 0.2) is 36.9 Å². The normalized spacial score (nSPS) is 16.5. The second kappa shape index (κ2) is 6.85. The Morgan fingerprint density at radius 1 is 1.33 bits per heavy atom. The van der Waals surface area contributed by atoms with Crippen LogP contribution in [0.1, 0.15) is 33.9 Å². The van der Waals surface area contributed by atoms with Crippen LogP contribution >= 0.6 is 0 Å². The molecule has 6 heteroatoms. The number of nitrogens with zero attached hydrogens (tertiary/aromatic N) is 5. The number of amides is 1. The van der Waals surface area contributed by atoms with Gasteiger partial charge in [0.1, 0.15) is 6.04 Å². The maximum atomic E-state index is 12.6. The smallest absolute Gasteiger partial charge is 0.255 e. The molecule has 1 aromatic carbocycles. The van der Waals surface area contributed by atoms with Gasteiger partial charge in [-0.05, 0) is 32.1 Å². The Kier molecular flexibility index (Phi) is 4.63. The quantitative estimate of drug-likeness (QED) is 0.816. The molecule has 6 nitrogen and oxygen atoms in total. The summed E-state index contributed by atoms with van der Waals surface area (Å²) in [5, 5.41) is 9.59. The van der Waals surface area contributed by atoms with E-state index >= 15 is 0 Å². The van der Waals surface area contributed by atoms with E-state index in [1.807, 2.05) is 43.1 Å². The van der Waals surface area contributed by atoms with Crippen molar-refractivity contribution in [3.63, 3.8) is 0 Å². The Balaban J connectivity index is 1.74. The maximum Gasteiger partial charge on any atom is 0.255 e. The van der Waals surface area contributed by atoms with Crippen LogP contribution in [0.4, 0.5) is 0 Å². The van der Waals surface area contributed by atoms with Crippen molar-refractivity contribution in [3.8, 4) is 6.07 Å². The van der Waals surface area contributed by atoms with E-state index in [1.54, 1.807) is 17.4 Å². The molecule has 24 heavy (non-hydrogen) atoms. The molecule has 0 N–H and O–H groups in total. The molecule has 1 aliphatic rings. The number of nitriles is 1. The van der Waals surface area contributed by atoms with E-state index < -0.39 is 6.04 Å². The van der Waals surface area contributed by atoms with Crippen molar-refractivity contribution in [2.24, 2.45) is 0 Å². The summed E-state index contributed by atoms with van der Waals surface area (Å²) in [4.78, 5) is 20.4. The van der Waals surface area contributed by atoms with Crippen LogP contribution in [0, 0.1) is 11.3 Å². The van der Waals surface area contributed by atoms with Gasteiger partial charge in [0.2, 0.25) is 0 Å². The summed E-state index contributed by atoms with van der Waals surface area (Å²) in [6, 6.07) is 7.64. The summed E-state index contributed by atoms with van der Waals surface area (Å²) in [7, 11) is 4.01. The van der Waals surface area contributed by atoms with E-state index in [-0.39, 0.29) is 5.91 Å². The Labute approximate surface area is 141 Å². The average molecular weight is 323 g/mol. The average Bonchev–Trinajstić information content (AvgIpc) is 3.14. The lowest BCUT2D eigenvalue weighted by Gasteiger charge is -2.20. The van der Waals surface area contributed by atoms with Gasteiger partial charge < -0.3 is 14.4 Å². The van der Waals surface area contributed by atoms with Gasteiger partial charge in [0.05, 0.1) is 12.4 Å². The van der Waals surface area contributed by atoms with Gasteiger partial charge in [0, 0.05) is 43.2 Å². The lowest BCUT2D eigenvalue weighted by atomic mass is 10.0. The van der Waals surface area contributed by atoms with Crippen LogP contribution in [0.25, 0.3) is 0 Å². The Morgan fingerprint density at radius 2 is 2.17 bits per heavy atom. The number of fused-ring (bicyclic) bond motifs is 1. The molecule has 2 heterocycles. The summed E-state index contributed by atoms with van der Waals surface area (Å²) in [5.74, 6) is -0.0430. The van der Waals surface area contributed by atoms with Crippen molar-refractivity contribution in [2.45, 2.75) is 25.6 Å². The van der Waals surface area contributed by atoms with E-state index in [0.717, 1.165) is 30.6 Å². The van der Waals surface area contributed by atoms with Gasteiger partial charge >= 0.3 is 0 Å². The topological polar surface area (TPSA) is 65.2 Å². The van der Waals surface area contributed by atoms with Gasteiger partial charge in [-0.25, -0.2) is 4.98 Å². The van der Waals surface area contributed by atoms with E-state index in [1.165, 1.54) is 0 Å². The number of imidazole rings is 1. The van der Waals surface area contributed by atoms with Crippen molar-refractivity contribution < 1.29 is 4.79 Å². The molecule has 0 radical (unpaired) electrons. The molecule has 1 unspecified atom stereocenters. The zero-order valence-electron chi connectivity index (χ0n) is 14.0. The predicted octanol–water partition coefficient (Wildman–Crippen LogP) is 2.06. The minimum Gasteiger partial charge on any atom is -0.337 e. The number of rotatable bonds is 6. The van der Waals surface area contributed by atoms with Crippen molar-refractivity contribution in [1.29, 1.82) is 5.26 Å². The number of carbonyl (C=O) groups is 1. The molecular weight excluding hydrogens is 302 g/mol. The first-order chi connectivity index (χ1) is 11.6. The summed E-state index contributed by atoms with van der Waals surface area (Å²) in [5.41, 5.74) is 2.61. The highest BCUT2D eigenvalue weighted by molar-refractivity contribution is 5.99. The van der Waals surface area contributed by atoms with Crippen molar-refractivity contribution >= 4 is 5.91 Å². The van der Waals surface area contributed by atoms with Crippen LogP contribution in [-0.4, -0.2) is 45.9 Å². The molecule has 124 valence electrons. The van der Waals surface area contributed by atoms with Gasteiger partial charge in [-0.2, -0.15) is 5.26 Å². The zero-order valence-corrected chi connectivity index (χ0v) is 14.0. The molecular formula is C18H21N5O. The molecule has 0 fully saturated rings. The van der Waals surface area contributed by atoms with Crippen molar-refractivity contribution in [1.82, 2.24) is 19.4 Å². The molecule has 0 aliphatic carbocycles. The fourth-order valence-electron chi connectivity index (χ4n) is 3.15. The fraction of sp³-hybridized carbons (Fsp3) is 0.389. The van der Waals surface area contributed by atoms with Crippen LogP contribution in [0.3, 0.4) is 0 Å². The number of carbonyl (C=O) groups excluding carboxylic acids is 1.